The summed E-state index contributed by atoms with van der Waals surface area (Å²) in [6.07, 6.45) is 0. The molecule has 0 saturated heterocycles. The molecule has 1 aromatic rings. The van der Waals surface area contributed by atoms with Gasteiger partial charge in [0.05, 0.1) is 19.1 Å². The highest BCUT2D eigenvalue weighted by molar-refractivity contribution is 5.83. The smallest absolute Gasteiger partial charge is 0.258 e. The minimum atomic E-state index is -1.31. The van der Waals surface area contributed by atoms with Gasteiger partial charge in [0, 0.05) is 6.07 Å². The van der Waals surface area contributed by atoms with Gasteiger partial charge in [-0.1, -0.05) is 19.9 Å². The van der Waals surface area contributed by atoms with Crippen molar-refractivity contribution in [3.05, 3.63) is 24.3 Å². The molecule has 0 aliphatic carbocycles. The zero-order valence-corrected chi connectivity index (χ0v) is 11.7. The van der Waals surface area contributed by atoms with Gasteiger partial charge >= 0.3 is 0 Å². The molecule has 1 N–H and O–H groups in total. The van der Waals surface area contributed by atoms with Crippen molar-refractivity contribution in [3.8, 4) is 11.5 Å². The molecule has 0 aromatic heterocycles. The highest BCUT2D eigenvalue weighted by Crippen LogP contribution is 2.18. The van der Waals surface area contributed by atoms with Crippen molar-refractivity contribution < 1.29 is 24.2 Å². The fourth-order valence-electron chi connectivity index (χ4n) is 1.55. The predicted octanol–water partition coefficient (Wildman–Crippen LogP) is -0.0353. The summed E-state index contributed by atoms with van der Waals surface area (Å²) in [6.45, 7) is 3.09. The van der Waals surface area contributed by atoms with Gasteiger partial charge in [-0.25, -0.2) is 0 Å². The average molecular weight is 280 g/mol. The average Bonchev–Trinajstić information content (AvgIpc) is 2.42. The van der Waals surface area contributed by atoms with Crippen molar-refractivity contribution in [2.24, 2.45) is 5.92 Å². The van der Waals surface area contributed by atoms with Crippen LogP contribution in [0.1, 0.15) is 13.8 Å². The predicted molar refractivity (Wildman–Crippen MR) is 70.3 cm³/mol. The summed E-state index contributed by atoms with van der Waals surface area (Å²) in [5.41, 5.74) is 0. The van der Waals surface area contributed by atoms with E-state index < -0.39 is 17.9 Å². The molecular formula is C14H18NO5-. The highest BCUT2D eigenvalue weighted by Gasteiger charge is 2.17. The van der Waals surface area contributed by atoms with E-state index in [1.165, 1.54) is 7.11 Å². The maximum Gasteiger partial charge on any atom is 0.258 e. The van der Waals surface area contributed by atoms with Crippen LogP contribution in [0.15, 0.2) is 24.3 Å². The van der Waals surface area contributed by atoms with Gasteiger partial charge in [0.15, 0.2) is 6.61 Å². The molecule has 0 saturated carbocycles. The molecule has 1 amide bonds. The third-order valence-corrected chi connectivity index (χ3v) is 2.65. The van der Waals surface area contributed by atoms with Gasteiger partial charge in [-0.05, 0) is 18.1 Å². The molecular weight excluding hydrogens is 262 g/mol. The number of ether oxygens (including phenoxy) is 2. The van der Waals surface area contributed by atoms with Crippen molar-refractivity contribution in [1.82, 2.24) is 5.32 Å². The largest absolute Gasteiger partial charge is 0.548 e. The molecule has 0 radical (unpaired) electrons. The molecule has 0 unspecified atom stereocenters. The Morgan fingerprint density at radius 3 is 2.50 bits per heavy atom. The van der Waals surface area contributed by atoms with Crippen LogP contribution in [-0.4, -0.2) is 31.6 Å². The molecule has 0 aliphatic rings. The molecule has 1 rings (SSSR count). The molecule has 0 fully saturated rings. The van der Waals surface area contributed by atoms with Gasteiger partial charge in [0.25, 0.3) is 5.91 Å². The Morgan fingerprint density at radius 2 is 1.95 bits per heavy atom. The number of carbonyl (C=O) groups is 2. The maximum absolute atomic E-state index is 11.6. The van der Waals surface area contributed by atoms with Gasteiger partial charge in [-0.3, -0.25) is 4.79 Å². The summed E-state index contributed by atoms with van der Waals surface area (Å²) < 4.78 is 10.3. The number of hydrogen-bond donors (Lipinski definition) is 1. The summed E-state index contributed by atoms with van der Waals surface area (Å²) >= 11 is 0. The molecule has 6 heteroatoms. The monoisotopic (exact) mass is 280 g/mol. The van der Waals surface area contributed by atoms with Gasteiger partial charge in [0.2, 0.25) is 0 Å². The first-order chi connectivity index (χ1) is 9.43. The summed E-state index contributed by atoms with van der Waals surface area (Å²) in [5.74, 6) is -1.02. The zero-order valence-electron chi connectivity index (χ0n) is 11.7. The van der Waals surface area contributed by atoms with E-state index in [2.05, 4.69) is 5.32 Å². The van der Waals surface area contributed by atoms with Crippen molar-refractivity contribution >= 4 is 11.9 Å². The van der Waals surface area contributed by atoms with E-state index >= 15 is 0 Å². The summed E-state index contributed by atoms with van der Waals surface area (Å²) in [7, 11) is 1.53. The van der Waals surface area contributed by atoms with Crippen LogP contribution in [0.2, 0.25) is 0 Å². The lowest BCUT2D eigenvalue weighted by Crippen LogP contribution is -2.51. The SMILES string of the molecule is COc1cccc(OCC(=O)N[C@@H](C(=O)[O-])C(C)C)c1. The first kappa shape index (κ1) is 15.8. The number of carboxylic acids is 1. The fraction of sp³-hybridized carbons (Fsp3) is 0.429. The third kappa shape index (κ3) is 4.79. The van der Waals surface area contributed by atoms with Crippen LogP contribution in [0.3, 0.4) is 0 Å². The van der Waals surface area contributed by atoms with E-state index in [-0.39, 0.29) is 12.5 Å². The van der Waals surface area contributed by atoms with Crippen molar-refractivity contribution in [1.29, 1.82) is 0 Å². The molecule has 0 heterocycles. The van der Waals surface area contributed by atoms with Gasteiger partial charge in [-0.2, -0.15) is 0 Å². The van der Waals surface area contributed by atoms with E-state index in [1.54, 1.807) is 38.1 Å². The van der Waals surface area contributed by atoms with E-state index in [0.717, 1.165) is 0 Å². The topological polar surface area (TPSA) is 87.7 Å². The number of rotatable bonds is 7. The Labute approximate surface area is 117 Å². The van der Waals surface area contributed by atoms with Crippen LogP contribution in [0.5, 0.6) is 11.5 Å². The van der Waals surface area contributed by atoms with Crippen LogP contribution >= 0.6 is 0 Å². The lowest BCUT2D eigenvalue weighted by atomic mass is 10.1. The number of methoxy groups -OCH3 is 1. The molecule has 20 heavy (non-hydrogen) atoms. The number of hydrogen-bond acceptors (Lipinski definition) is 5. The minimum Gasteiger partial charge on any atom is -0.548 e. The second-order valence-corrected chi connectivity index (χ2v) is 4.58. The number of amides is 1. The van der Waals surface area contributed by atoms with Gasteiger partial charge < -0.3 is 24.7 Å². The first-order valence-corrected chi connectivity index (χ1v) is 6.21. The normalized spacial score (nSPS) is 11.8. The number of aliphatic carboxylic acids is 1. The molecule has 0 aliphatic heterocycles. The lowest BCUT2D eigenvalue weighted by molar-refractivity contribution is -0.309. The fourth-order valence-corrected chi connectivity index (χ4v) is 1.55. The van der Waals surface area contributed by atoms with Crippen molar-refractivity contribution in [2.45, 2.75) is 19.9 Å². The molecule has 0 spiro atoms. The van der Waals surface area contributed by atoms with Crippen molar-refractivity contribution in [2.75, 3.05) is 13.7 Å². The van der Waals surface area contributed by atoms with E-state index in [1.807, 2.05) is 0 Å². The molecule has 1 aromatic carbocycles. The Hall–Kier alpha value is -2.24. The van der Waals surface area contributed by atoms with Crippen LogP contribution < -0.4 is 19.9 Å². The van der Waals surface area contributed by atoms with Crippen molar-refractivity contribution in [3.63, 3.8) is 0 Å². The zero-order chi connectivity index (χ0) is 15.1. The Bertz CT molecular complexity index is 472. The molecule has 1 atom stereocenters. The minimum absolute atomic E-state index is 0.263. The number of carbonyl (C=O) groups excluding carboxylic acids is 2. The van der Waals surface area contributed by atoms with E-state index in [9.17, 15) is 14.7 Å². The summed E-state index contributed by atoms with van der Waals surface area (Å²) in [5, 5.41) is 13.2. The van der Waals surface area contributed by atoms with E-state index in [4.69, 9.17) is 9.47 Å². The highest BCUT2D eigenvalue weighted by atomic mass is 16.5. The van der Waals surface area contributed by atoms with Gasteiger partial charge in [-0.15, -0.1) is 0 Å². The number of carboxylic acid groups (broad SMARTS) is 1. The second-order valence-electron chi connectivity index (χ2n) is 4.58. The number of benzene rings is 1. The van der Waals surface area contributed by atoms with Crippen LogP contribution in [-0.2, 0) is 9.59 Å². The molecule has 6 nitrogen and oxygen atoms in total. The Balaban J connectivity index is 2.52. The second kappa shape index (κ2) is 7.37. The Morgan fingerprint density at radius 1 is 1.30 bits per heavy atom. The maximum atomic E-state index is 11.6. The van der Waals surface area contributed by atoms with Crippen LogP contribution in [0.25, 0.3) is 0 Å². The van der Waals surface area contributed by atoms with Crippen LogP contribution in [0.4, 0.5) is 0 Å². The molecule has 110 valence electrons. The van der Waals surface area contributed by atoms with Crippen LogP contribution in [0, 0.1) is 5.92 Å². The van der Waals surface area contributed by atoms with E-state index in [0.29, 0.717) is 11.5 Å². The quantitative estimate of drug-likeness (QED) is 0.757. The standard InChI is InChI=1S/C14H19NO5/c1-9(2)13(14(17)18)15-12(16)8-20-11-6-4-5-10(7-11)19-3/h4-7,9,13H,8H2,1-3H3,(H,15,16)(H,17,18)/p-1/t13-/m1/s1. The lowest BCUT2D eigenvalue weighted by Gasteiger charge is -2.23. The summed E-state index contributed by atoms with van der Waals surface area (Å²) in [4.78, 5) is 22.5. The molecule has 0 bridgehead atoms. The first-order valence-electron chi connectivity index (χ1n) is 6.21. The summed E-state index contributed by atoms with van der Waals surface area (Å²) in [6, 6.07) is 5.75. The Kier molecular flexibility index (Phi) is 5.83. The van der Waals surface area contributed by atoms with Gasteiger partial charge in [0.1, 0.15) is 11.5 Å². The third-order valence-electron chi connectivity index (χ3n) is 2.65. The number of nitrogens with one attached hydrogen (secondary N) is 1.